The Labute approximate surface area is 145 Å². The van der Waals surface area contributed by atoms with Crippen molar-refractivity contribution in [2.45, 2.75) is 18.7 Å². The number of esters is 1. The summed E-state index contributed by atoms with van der Waals surface area (Å²) in [5.74, 6) is -0.415. The lowest BCUT2D eigenvalue weighted by Crippen LogP contribution is -2.13. The van der Waals surface area contributed by atoms with Crippen molar-refractivity contribution < 1.29 is 27.2 Å². The molecule has 132 valence electrons. The number of rotatable bonds is 6. The van der Waals surface area contributed by atoms with Crippen LogP contribution in [0.2, 0.25) is 0 Å². The summed E-state index contributed by atoms with van der Waals surface area (Å²) in [6, 6.07) is 9.04. The summed E-state index contributed by atoms with van der Waals surface area (Å²) < 4.78 is 32.9. The maximum absolute atomic E-state index is 11.8. The van der Waals surface area contributed by atoms with Gasteiger partial charge in [-0.15, -0.1) is 0 Å². The van der Waals surface area contributed by atoms with Gasteiger partial charge in [0.15, 0.2) is 5.78 Å². The first-order chi connectivity index (χ1) is 11.7. The molecule has 0 saturated carbocycles. The molecule has 8 heteroatoms. The molecule has 2 rings (SSSR count). The van der Waals surface area contributed by atoms with Crippen LogP contribution in [0.4, 0.5) is 0 Å². The van der Waals surface area contributed by atoms with Crippen molar-refractivity contribution >= 4 is 27.9 Å². The minimum atomic E-state index is -3.77. The fourth-order valence-corrected chi connectivity index (χ4v) is 2.57. The molecule has 0 radical (unpaired) electrons. The number of hydrogen-bond acceptors (Lipinski definition) is 6. The minimum Gasteiger partial charge on any atom is -0.462 e. The van der Waals surface area contributed by atoms with Gasteiger partial charge in [-0.3, -0.25) is 4.79 Å². The van der Waals surface area contributed by atoms with E-state index in [-0.39, 0.29) is 17.1 Å². The zero-order chi connectivity index (χ0) is 18.6. The van der Waals surface area contributed by atoms with E-state index in [1.807, 2.05) is 0 Å². The Morgan fingerprint density at radius 2 is 1.80 bits per heavy atom. The average molecular weight is 363 g/mol. The maximum atomic E-state index is 11.8. The zero-order valence-corrected chi connectivity index (χ0v) is 14.5. The Bertz CT molecular complexity index is 922. The molecule has 25 heavy (non-hydrogen) atoms. The van der Waals surface area contributed by atoms with Crippen molar-refractivity contribution in [1.82, 2.24) is 0 Å². The first-order valence-electron chi connectivity index (χ1n) is 7.35. The molecule has 0 bridgehead atoms. The fraction of sp³-hybridized carbons (Fsp3) is 0.176. The van der Waals surface area contributed by atoms with Crippen LogP contribution in [0.3, 0.4) is 0 Å². The van der Waals surface area contributed by atoms with Crippen molar-refractivity contribution in [2.24, 2.45) is 5.14 Å². The number of primary sulfonamides is 1. The average Bonchev–Trinajstić information content (AvgIpc) is 3.00. The van der Waals surface area contributed by atoms with E-state index >= 15 is 0 Å². The van der Waals surface area contributed by atoms with Crippen molar-refractivity contribution in [3.05, 3.63) is 47.7 Å². The summed E-state index contributed by atoms with van der Waals surface area (Å²) >= 11 is 0. The first kappa shape index (κ1) is 18.6. The van der Waals surface area contributed by atoms with Crippen molar-refractivity contribution in [2.75, 3.05) is 6.61 Å². The molecule has 1 heterocycles. The van der Waals surface area contributed by atoms with Gasteiger partial charge in [0.1, 0.15) is 17.1 Å². The van der Waals surface area contributed by atoms with Crippen molar-refractivity contribution in [3.8, 4) is 11.3 Å². The number of benzene rings is 1. The number of carbonyl (C=O) groups excluding carboxylic acids is 2. The number of furan rings is 1. The Balaban J connectivity index is 2.31. The van der Waals surface area contributed by atoms with Gasteiger partial charge in [0.25, 0.3) is 0 Å². The van der Waals surface area contributed by atoms with Crippen LogP contribution in [-0.2, 0) is 24.3 Å². The topological polar surface area (TPSA) is 117 Å². The molecule has 2 aromatic rings. The molecule has 0 spiro atoms. The molecule has 0 aliphatic rings. The molecule has 0 aliphatic heterocycles. The van der Waals surface area contributed by atoms with Crippen molar-refractivity contribution in [3.63, 3.8) is 0 Å². The molecular weight excluding hydrogens is 346 g/mol. The predicted molar refractivity (Wildman–Crippen MR) is 90.8 cm³/mol. The van der Waals surface area contributed by atoms with Crippen LogP contribution in [-0.4, -0.2) is 26.8 Å². The first-order valence-corrected chi connectivity index (χ1v) is 8.90. The monoisotopic (exact) mass is 363 g/mol. The van der Waals surface area contributed by atoms with E-state index < -0.39 is 21.8 Å². The second-order valence-electron chi connectivity index (χ2n) is 5.11. The number of ether oxygens (including phenoxy) is 1. The molecule has 1 aromatic carbocycles. The number of nitrogens with two attached hydrogens (primary N) is 1. The van der Waals surface area contributed by atoms with E-state index in [4.69, 9.17) is 14.3 Å². The SMILES string of the molecule is CCOC(=O)/C(=C/c1ccc(-c2ccc(S(N)(=O)=O)cc2)o1)C(C)=O. The Hall–Kier alpha value is -2.71. The van der Waals surface area contributed by atoms with Crippen LogP contribution in [0.5, 0.6) is 0 Å². The van der Waals surface area contributed by atoms with E-state index in [1.54, 1.807) is 31.2 Å². The van der Waals surface area contributed by atoms with Crippen LogP contribution in [0.15, 0.2) is 51.3 Å². The second kappa shape index (κ2) is 7.45. The summed E-state index contributed by atoms with van der Waals surface area (Å²) in [5, 5.41) is 5.05. The van der Waals surface area contributed by atoms with Crippen LogP contribution < -0.4 is 5.14 Å². The lowest BCUT2D eigenvalue weighted by molar-refractivity contribution is -0.139. The van der Waals surface area contributed by atoms with Crippen LogP contribution in [0, 0.1) is 0 Å². The third-order valence-electron chi connectivity index (χ3n) is 3.26. The molecular formula is C17H17NO6S. The van der Waals surface area contributed by atoms with Gasteiger partial charge in [-0.2, -0.15) is 0 Å². The summed E-state index contributed by atoms with van der Waals surface area (Å²) in [6.45, 7) is 3.06. The Kier molecular flexibility index (Phi) is 5.55. The van der Waals surface area contributed by atoms with Gasteiger partial charge in [0.2, 0.25) is 10.0 Å². The molecule has 0 unspecified atom stereocenters. The molecule has 1 aromatic heterocycles. The highest BCUT2D eigenvalue weighted by Gasteiger charge is 2.17. The summed E-state index contributed by atoms with van der Waals surface area (Å²) in [6.07, 6.45) is 1.31. The predicted octanol–water partition coefficient (Wildman–Crippen LogP) is 2.13. The quantitative estimate of drug-likeness (QED) is 0.364. The maximum Gasteiger partial charge on any atom is 0.341 e. The molecule has 0 amide bonds. The third kappa shape index (κ3) is 4.65. The molecule has 0 saturated heterocycles. The van der Waals surface area contributed by atoms with Gasteiger partial charge in [-0.1, -0.05) is 0 Å². The molecule has 0 aliphatic carbocycles. The largest absolute Gasteiger partial charge is 0.462 e. The highest BCUT2D eigenvalue weighted by molar-refractivity contribution is 7.89. The number of carbonyl (C=O) groups is 2. The Morgan fingerprint density at radius 1 is 1.16 bits per heavy atom. The van der Waals surface area contributed by atoms with E-state index in [0.717, 1.165) is 0 Å². The molecule has 0 atom stereocenters. The van der Waals surface area contributed by atoms with Gasteiger partial charge < -0.3 is 9.15 Å². The number of Topliss-reactive ketones (excluding diaryl/α,β-unsaturated/α-hetero) is 1. The third-order valence-corrected chi connectivity index (χ3v) is 4.18. The number of sulfonamides is 1. The van der Waals surface area contributed by atoms with E-state index in [2.05, 4.69) is 0 Å². The van der Waals surface area contributed by atoms with Crippen LogP contribution in [0.1, 0.15) is 19.6 Å². The van der Waals surface area contributed by atoms with Crippen molar-refractivity contribution in [1.29, 1.82) is 0 Å². The smallest absolute Gasteiger partial charge is 0.341 e. The zero-order valence-electron chi connectivity index (χ0n) is 13.7. The number of ketones is 1. The standard InChI is InChI=1S/C17H17NO6S/c1-3-23-17(20)15(11(2)19)10-13-6-9-16(24-13)12-4-7-14(8-5-12)25(18,21)22/h4-10H,3H2,1-2H3,(H2,18,21,22)/b15-10+. The summed E-state index contributed by atoms with van der Waals surface area (Å²) in [5.41, 5.74) is 0.500. The lowest BCUT2D eigenvalue weighted by atomic mass is 10.1. The second-order valence-corrected chi connectivity index (χ2v) is 6.67. The molecule has 0 fully saturated rings. The van der Waals surface area contributed by atoms with E-state index in [0.29, 0.717) is 17.1 Å². The van der Waals surface area contributed by atoms with Gasteiger partial charge in [-0.25, -0.2) is 18.4 Å². The van der Waals surface area contributed by atoms with Gasteiger partial charge in [0, 0.05) is 5.56 Å². The van der Waals surface area contributed by atoms with Gasteiger partial charge in [-0.05, 0) is 56.3 Å². The highest BCUT2D eigenvalue weighted by atomic mass is 32.2. The van der Waals surface area contributed by atoms with Gasteiger partial charge in [0.05, 0.1) is 11.5 Å². The minimum absolute atomic E-state index is 0.0101. The van der Waals surface area contributed by atoms with Gasteiger partial charge >= 0.3 is 5.97 Å². The van der Waals surface area contributed by atoms with Crippen LogP contribution >= 0.6 is 0 Å². The normalized spacial score (nSPS) is 12.0. The fourth-order valence-electron chi connectivity index (χ4n) is 2.05. The highest BCUT2D eigenvalue weighted by Crippen LogP contribution is 2.24. The lowest BCUT2D eigenvalue weighted by Gasteiger charge is -2.02. The van der Waals surface area contributed by atoms with E-state index in [9.17, 15) is 18.0 Å². The summed E-state index contributed by atoms with van der Waals surface area (Å²) in [7, 11) is -3.77. The molecule has 7 nitrogen and oxygen atoms in total. The Morgan fingerprint density at radius 3 is 2.32 bits per heavy atom. The van der Waals surface area contributed by atoms with E-state index in [1.165, 1.54) is 25.1 Å². The summed E-state index contributed by atoms with van der Waals surface area (Å²) in [4.78, 5) is 23.4. The number of hydrogen-bond donors (Lipinski definition) is 1. The van der Waals surface area contributed by atoms with Crippen LogP contribution in [0.25, 0.3) is 17.4 Å². The molecule has 2 N–H and O–H groups in total.